The highest BCUT2D eigenvalue weighted by Crippen LogP contribution is 2.36. The van der Waals surface area contributed by atoms with Gasteiger partial charge in [-0.1, -0.05) is 19.1 Å². The molecule has 4 heterocycles. The van der Waals surface area contributed by atoms with Gasteiger partial charge in [-0.25, -0.2) is 35.9 Å². The fraction of sp³-hybridized carbons (Fsp3) is 0.300. The highest BCUT2D eigenvalue weighted by atomic mass is 32.2. The zero-order valence-corrected chi connectivity index (χ0v) is 24.4. The van der Waals surface area contributed by atoms with E-state index < -0.39 is 55.5 Å². The normalized spacial score (nSPS) is 17.5. The molecule has 1 aliphatic heterocycles. The fourth-order valence-corrected chi connectivity index (χ4v) is 7.68. The molecule has 6 rings (SSSR count). The first-order valence-electron chi connectivity index (χ1n) is 14.0. The van der Waals surface area contributed by atoms with Gasteiger partial charge >= 0.3 is 5.69 Å². The maximum atomic E-state index is 15.8. The van der Waals surface area contributed by atoms with Gasteiger partial charge in [-0.05, 0) is 50.1 Å². The van der Waals surface area contributed by atoms with Crippen molar-refractivity contribution in [1.82, 2.24) is 24.4 Å². The van der Waals surface area contributed by atoms with Gasteiger partial charge in [-0.15, -0.1) is 0 Å². The second-order valence-electron chi connectivity index (χ2n) is 10.8. The quantitative estimate of drug-likeness (QED) is 0.298. The lowest BCUT2D eigenvalue weighted by Crippen LogP contribution is -2.54. The summed E-state index contributed by atoms with van der Waals surface area (Å²) in [5.41, 5.74) is -2.85. The van der Waals surface area contributed by atoms with Crippen LogP contribution in [0.1, 0.15) is 26.2 Å². The average Bonchev–Trinajstić information content (AvgIpc) is 2.96. The van der Waals surface area contributed by atoms with Crippen LogP contribution >= 0.6 is 0 Å². The number of pyridine rings is 2. The van der Waals surface area contributed by atoms with Crippen LogP contribution in [0.25, 0.3) is 28.0 Å². The lowest BCUT2D eigenvalue weighted by Gasteiger charge is -2.40. The summed E-state index contributed by atoms with van der Waals surface area (Å²) >= 11 is 0. The third-order valence-electron chi connectivity index (χ3n) is 8.19. The summed E-state index contributed by atoms with van der Waals surface area (Å²) < 4.78 is 73.5. The van der Waals surface area contributed by atoms with E-state index in [-0.39, 0.29) is 53.0 Å². The van der Waals surface area contributed by atoms with E-state index >= 15 is 4.39 Å². The van der Waals surface area contributed by atoms with Gasteiger partial charge in [0.25, 0.3) is 0 Å². The van der Waals surface area contributed by atoms with Crippen molar-refractivity contribution in [2.45, 2.75) is 42.4 Å². The van der Waals surface area contributed by atoms with E-state index in [1.54, 1.807) is 16.7 Å². The molecule has 2 aliphatic rings. The predicted octanol–water partition coefficient (Wildman–Crippen LogP) is 3.81. The van der Waals surface area contributed by atoms with Gasteiger partial charge in [-0.2, -0.15) is 4.98 Å². The fourth-order valence-electron chi connectivity index (χ4n) is 5.69. The number of carbonyl (C=O) groups excluding carboxylic acids is 1. The van der Waals surface area contributed by atoms with Crippen LogP contribution in [-0.4, -0.2) is 69.7 Å². The third kappa shape index (κ3) is 4.82. The Bertz CT molecular complexity index is 1980. The molecule has 4 aromatic rings. The Hall–Kier alpha value is -4.59. The van der Waals surface area contributed by atoms with Crippen molar-refractivity contribution in [1.29, 1.82) is 0 Å². The summed E-state index contributed by atoms with van der Waals surface area (Å²) in [6.45, 7) is 6.02. The van der Waals surface area contributed by atoms with E-state index in [2.05, 4.69) is 21.5 Å². The summed E-state index contributed by atoms with van der Waals surface area (Å²) in [6.07, 6.45) is 5.30. The molecule has 1 saturated carbocycles. The molecular weight excluding hydrogens is 597 g/mol. The molecule has 1 aliphatic carbocycles. The molecule has 0 unspecified atom stereocenters. The van der Waals surface area contributed by atoms with Crippen molar-refractivity contribution in [2.24, 2.45) is 0 Å². The standard InChI is InChI=1S/C30H27F3N6O4S/c1-3-25(40)37-12-13-38(17(2)16-37)28-19-14-22(33)27(26-20(31)8-5-9-21(26)32)35-29(19)39(30(41)36-28)23-15-34-11-10-24(23)44(42,43)18-6-4-7-18/h3,5,8-11,14-15,17-18H,1,4,6-7,12-13,16H2,2H3/t17-/m0/s1. The van der Waals surface area contributed by atoms with Gasteiger partial charge in [0, 0.05) is 31.9 Å². The van der Waals surface area contributed by atoms with Gasteiger partial charge in [0.05, 0.1) is 33.0 Å². The van der Waals surface area contributed by atoms with Crippen molar-refractivity contribution in [3.05, 3.63) is 83.3 Å². The molecule has 1 aromatic carbocycles. The number of benzene rings is 1. The first kappa shape index (κ1) is 29.5. The van der Waals surface area contributed by atoms with Crippen LogP contribution in [0.2, 0.25) is 0 Å². The summed E-state index contributed by atoms with van der Waals surface area (Å²) in [4.78, 5) is 41.8. The van der Waals surface area contributed by atoms with Crippen LogP contribution in [0, 0.1) is 17.5 Å². The second kappa shape index (κ2) is 11.2. The van der Waals surface area contributed by atoms with Gasteiger partial charge in [0.1, 0.15) is 23.1 Å². The van der Waals surface area contributed by atoms with Crippen LogP contribution in [0.15, 0.2) is 65.1 Å². The van der Waals surface area contributed by atoms with Crippen LogP contribution in [0.3, 0.4) is 0 Å². The molecule has 0 spiro atoms. The van der Waals surface area contributed by atoms with Gasteiger partial charge < -0.3 is 9.80 Å². The summed E-state index contributed by atoms with van der Waals surface area (Å²) in [6, 6.07) is 4.88. The van der Waals surface area contributed by atoms with Crippen LogP contribution in [-0.2, 0) is 14.6 Å². The SMILES string of the molecule is C=CC(=O)N1CCN(c2nc(=O)n(-c3cnccc3S(=O)(=O)C3CCC3)c3nc(-c4c(F)cccc4F)c(F)cc23)[C@@H](C)C1. The van der Waals surface area contributed by atoms with E-state index in [1.165, 1.54) is 24.5 Å². The number of piperazine rings is 1. The first-order chi connectivity index (χ1) is 21.0. The minimum atomic E-state index is -3.91. The van der Waals surface area contributed by atoms with Crippen LogP contribution in [0.4, 0.5) is 19.0 Å². The molecule has 3 aromatic heterocycles. The molecule has 10 nitrogen and oxygen atoms in total. The van der Waals surface area contributed by atoms with E-state index in [0.29, 0.717) is 12.8 Å². The number of fused-ring (bicyclic) bond motifs is 1. The molecular formula is C30H27F3N6O4S. The predicted molar refractivity (Wildman–Crippen MR) is 157 cm³/mol. The summed E-state index contributed by atoms with van der Waals surface area (Å²) in [5.74, 6) is -3.49. The maximum absolute atomic E-state index is 15.8. The van der Waals surface area contributed by atoms with E-state index in [9.17, 15) is 26.8 Å². The lowest BCUT2D eigenvalue weighted by molar-refractivity contribution is -0.126. The Labute approximate surface area is 250 Å². The smallest absolute Gasteiger partial charge is 0.350 e. The summed E-state index contributed by atoms with van der Waals surface area (Å²) in [7, 11) is -3.91. The molecule has 0 bridgehead atoms. The Balaban J connectivity index is 1.63. The first-order valence-corrected chi connectivity index (χ1v) is 15.5. The number of rotatable bonds is 6. The lowest BCUT2D eigenvalue weighted by atomic mass is 10.00. The molecule has 1 atom stereocenters. The van der Waals surface area contributed by atoms with Crippen molar-refractivity contribution in [3.8, 4) is 16.9 Å². The van der Waals surface area contributed by atoms with Crippen molar-refractivity contribution in [3.63, 3.8) is 0 Å². The highest BCUT2D eigenvalue weighted by molar-refractivity contribution is 7.92. The monoisotopic (exact) mass is 624 g/mol. The number of halogens is 3. The van der Waals surface area contributed by atoms with E-state index in [1.807, 2.05) is 0 Å². The molecule has 2 fully saturated rings. The average molecular weight is 625 g/mol. The number of aromatic nitrogens is 4. The topological polar surface area (TPSA) is 118 Å². The molecule has 1 amide bonds. The Morgan fingerprint density at radius 2 is 1.80 bits per heavy atom. The Morgan fingerprint density at radius 1 is 1.07 bits per heavy atom. The van der Waals surface area contributed by atoms with Crippen LogP contribution < -0.4 is 10.6 Å². The third-order valence-corrected chi connectivity index (χ3v) is 10.5. The van der Waals surface area contributed by atoms with Crippen molar-refractivity contribution >= 4 is 32.6 Å². The zero-order chi connectivity index (χ0) is 31.3. The number of sulfone groups is 1. The number of hydrogen-bond donors (Lipinski definition) is 0. The number of hydrogen-bond acceptors (Lipinski definition) is 8. The largest absolute Gasteiger partial charge is 0.355 e. The number of carbonyl (C=O) groups is 1. The number of nitrogens with zero attached hydrogens (tertiary/aromatic N) is 6. The van der Waals surface area contributed by atoms with E-state index in [0.717, 1.165) is 35.3 Å². The number of anilines is 1. The van der Waals surface area contributed by atoms with Crippen molar-refractivity contribution < 1.29 is 26.4 Å². The molecule has 0 N–H and O–H groups in total. The molecule has 228 valence electrons. The van der Waals surface area contributed by atoms with Gasteiger partial charge in [0.15, 0.2) is 21.3 Å². The maximum Gasteiger partial charge on any atom is 0.355 e. The minimum Gasteiger partial charge on any atom is -0.350 e. The molecule has 0 radical (unpaired) electrons. The Morgan fingerprint density at radius 3 is 2.43 bits per heavy atom. The molecule has 1 saturated heterocycles. The second-order valence-corrected chi connectivity index (χ2v) is 13.0. The van der Waals surface area contributed by atoms with Gasteiger partial charge in [-0.3, -0.25) is 9.78 Å². The highest BCUT2D eigenvalue weighted by Gasteiger charge is 2.36. The minimum absolute atomic E-state index is 0.00575. The van der Waals surface area contributed by atoms with E-state index in [4.69, 9.17) is 0 Å². The van der Waals surface area contributed by atoms with Gasteiger partial charge in [0.2, 0.25) is 5.91 Å². The van der Waals surface area contributed by atoms with Crippen molar-refractivity contribution in [2.75, 3.05) is 24.5 Å². The number of amides is 1. The zero-order valence-electron chi connectivity index (χ0n) is 23.6. The molecule has 44 heavy (non-hydrogen) atoms. The summed E-state index contributed by atoms with van der Waals surface area (Å²) in [5, 5.41) is -0.657. The molecule has 14 heteroatoms. The Kier molecular flexibility index (Phi) is 7.48. The van der Waals surface area contributed by atoms with Crippen LogP contribution in [0.5, 0.6) is 0 Å².